The second kappa shape index (κ2) is 5.28. The van der Waals surface area contributed by atoms with Crippen molar-refractivity contribution in [2.24, 2.45) is 0 Å². The van der Waals surface area contributed by atoms with Crippen LogP contribution in [-0.4, -0.2) is 24.5 Å². The molecule has 0 aliphatic carbocycles. The number of carbonyl (C=O) groups is 1. The molecule has 0 fully saturated rings. The monoisotopic (exact) mass is 309 g/mol. The number of anilines is 1. The van der Waals surface area contributed by atoms with Crippen molar-refractivity contribution in [2.75, 3.05) is 4.72 Å². The highest BCUT2D eigenvalue weighted by molar-refractivity contribution is 7.94. The zero-order chi connectivity index (χ0) is 14.8. The second-order valence-corrected chi connectivity index (χ2v) is 6.43. The summed E-state index contributed by atoms with van der Waals surface area (Å²) in [6.07, 6.45) is 1.23. The molecule has 0 unspecified atom stereocenters. The van der Waals surface area contributed by atoms with Gasteiger partial charge in [0.1, 0.15) is 16.1 Å². The van der Waals surface area contributed by atoms with Gasteiger partial charge < -0.3 is 5.11 Å². The zero-order valence-electron chi connectivity index (χ0n) is 9.77. The number of pyridine rings is 1. The Bertz CT molecular complexity index is 788. The zero-order valence-corrected chi connectivity index (χ0v) is 11.4. The topological polar surface area (TPSA) is 120 Å². The Morgan fingerprint density at radius 1 is 1.45 bits per heavy atom. The Labute approximate surface area is 118 Å². The van der Waals surface area contributed by atoms with Crippen molar-refractivity contribution in [2.45, 2.75) is 4.21 Å². The van der Waals surface area contributed by atoms with E-state index in [1.807, 2.05) is 6.07 Å². The van der Waals surface area contributed by atoms with E-state index in [0.29, 0.717) is 5.56 Å². The van der Waals surface area contributed by atoms with Crippen molar-refractivity contribution >= 4 is 33.1 Å². The number of nitriles is 1. The van der Waals surface area contributed by atoms with Crippen LogP contribution in [0.4, 0.5) is 5.82 Å². The van der Waals surface area contributed by atoms with Crippen molar-refractivity contribution in [1.82, 2.24) is 4.98 Å². The van der Waals surface area contributed by atoms with Gasteiger partial charge in [-0.1, -0.05) is 0 Å². The quantitative estimate of drug-likeness (QED) is 0.883. The smallest absolute Gasteiger partial charge is 0.336 e. The Morgan fingerprint density at radius 3 is 2.70 bits per heavy atom. The largest absolute Gasteiger partial charge is 0.478 e. The molecule has 0 spiro atoms. The normalized spacial score (nSPS) is 10.8. The summed E-state index contributed by atoms with van der Waals surface area (Å²) >= 11 is 0.800. The Kier molecular flexibility index (Phi) is 3.69. The maximum Gasteiger partial charge on any atom is 0.336 e. The molecule has 0 saturated carbocycles. The van der Waals surface area contributed by atoms with E-state index in [0.717, 1.165) is 17.4 Å². The first-order valence-electron chi connectivity index (χ1n) is 5.13. The van der Waals surface area contributed by atoms with Crippen LogP contribution in [0.3, 0.4) is 0 Å². The number of nitrogens with one attached hydrogen (secondary N) is 1. The third-order valence-electron chi connectivity index (χ3n) is 2.22. The van der Waals surface area contributed by atoms with Crippen LogP contribution in [0, 0.1) is 11.3 Å². The van der Waals surface area contributed by atoms with Crippen molar-refractivity contribution in [3.05, 3.63) is 40.9 Å². The van der Waals surface area contributed by atoms with Gasteiger partial charge in [0.05, 0.1) is 11.1 Å². The van der Waals surface area contributed by atoms with E-state index >= 15 is 0 Å². The molecule has 7 nitrogen and oxygen atoms in total. The summed E-state index contributed by atoms with van der Waals surface area (Å²) in [7, 11) is -3.89. The van der Waals surface area contributed by atoms with Crippen molar-refractivity contribution in [1.29, 1.82) is 5.26 Å². The van der Waals surface area contributed by atoms with E-state index in [4.69, 9.17) is 10.4 Å². The summed E-state index contributed by atoms with van der Waals surface area (Å²) in [6.45, 7) is 0. The molecule has 102 valence electrons. The lowest BCUT2D eigenvalue weighted by Crippen LogP contribution is -2.12. The summed E-state index contributed by atoms with van der Waals surface area (Å²) in [4.78, 5) is 14.5. The first-order chi connectivity index (χ1) is 9.42. The molecule has 2 heterocycles. The molecule has 0 bridgehead atoms. The first kappa shape index (κ1) is 14.0. The third kappa shape index (κ3) is 2.93. The van der Waals surface area contributed by atoms with E-state index in [1.165, 1.54) is 23.7 Å². The van der Waals surface area contributed by atoms with Gasteiger partial charge >= 0.3 is 5.97 Å². The van der Waals surface area contributed by atoms with Gasteiger partial charge in [0, 0.05) is 11.6 Å². The Hall–Kier alpha value is -2.44. The molecular formula is C11H7N3O4S2. The average Bonchev–Trinajstić information content (AvgIpc) is 2.90. The Balaban J connectivity index is 2.25. The van der Waals surface area contributed by atoms with Gasteiger partial charge in [-0.25, -0.2) is 18.2 Å². The summed E-state index contributed by atoms with van der Waals surface area (Å²) < 4.78 is 26.1. The highest BCUT2D eigenvalue weighted by atomic mass is 32.2. The van der Waals surface area contributed by atoms with Gasteiger partial charge in [-0.2, -0.15) is 5.26 Å². The standard InChI is InChI=1S/C11H7N3O4S2/c12-4-7-1-2-9(13-5-7)14-20(17,18)10-3-8(6-19-10)11(15)16/h1-3,5-6H,(H,13,14)(H,15,16). The molecule has 0 amide bonds. The molecule has 0 aliphatic heterocycles. The number of nitrogens with zero attached hydrogens (tertiary/aromatic N) is 2. The molecular weight excluding hydrogens is 302 g/mol. The number of carboxylic acids is 1. The third-order valence-corrected chi connectivity index (χ3v) is 5.01. The van der Waals surface area contributed by atoms with Crippen molar-refractivity contribution in [3.63, 3.8) is 0 Å². The summed E-state index contributed by atoms with van der Waals surface area (Å²) in [5, 5.41) is 18.6. The van der Waals surface area contributed by atoms with Crippen molar-refractivity contribution < 1.29 is 18.3 Å². The maximum atomic E-state index is 12.0. The highest BCUT2D eigenvalue weighted by Crippen LogP contribution is 2.22. The van der Waals surface area contributed by atoms with Crippen LogP contribution >= 0.6 is 11.3 Å². The number of thiophene rings is 1. The predicted octanol–water partition coefficient (Wildman–Crippen LogP) is 1.51. The highest BCUT2D eigenvalue weighted by Gasteiger charge is 2.19. The van der Waals surface area contributed by atoms with Crippen LogP contribution in [0.5, 0.6) is 0 Å². The molecule has 20 heavy (non-hydrogen) atoms. The van der Waals surface area contributed by atoms with E-state index in [2.05, 4.69) is 9.71 Å². The lowest BCUT2D eigenvalue weighted by molar-refractivity contribution is 0.0697. The van der Waals surface area contributed by atoms with E-state index in [-0.39, 0.29) is 15.6 Å². The lowest BCUT2D eigenvalue weighted by atomic mass is 10.3. The molecule has 9 heteroatoms. The predicted molar refractivity (Wildman–Crippen MR) is 71.0 cm³/mol. The summed E-state index contributed by atoms with van der Waals surface area (Å²) in [5.74, 6) is -1.14. The molecule has 0 aliphatic rings. The van der Waals surface area contributed by atoms with E-state index < -0.39 is 16.0 Å². The fourth-order valence-electron chi connectivity index (χ4n) is 1.28. The van der Waals surface area contributed by atoms with Gasteiger partial charge in [-0.05, 0) is 18.2 Å². The van der Waals surface area contributed by atoms with Crippen LogP contribution < -0.4 is 4.72 Å². The minimum atomic E-state index is -3.89. The number of sulfonamides is 1. The summed E-state index contributed by atoms with van der Waals surface area (Å²) in [6, 6.07) is 5.70. The fourth-order valence-corrected chi connectivity index (χ4v) is 3.44. The number of hydrogen-bond acceptors (Lipinski definition) is 6. The molecule has 2 aromatic rings. The van der Waals surface area contributed by atoms with Gasteiger partial charge in [0.25, 0.3) is 10.0 Å². The van der Waals surface area contributed by atoms with E-state index in [1.54, 1.807) is 0 Å². The van der Waals surface area contributed by atoms with Crippen LogP contribution in [0.15, 0.2) is 34.0 Å². The maximum absolute atomic E-state index is 12.0. The average molecular weight is 309 g/mol. The van der Waals surface area contributed by atoms with Gasteiger partial charge in [-0.3, -0.25) is 4.72 Å². The molecule has 0 atom stereocenters. The lowest BCUT2D eigenvalue weighted by Gasteiger charge is -2.04. The van der Waals surface area contributed by atoms with Crippen LogP contribution in [0.1, 0.15) is 15.9 Å². The number of hydrogen-bond donors (Lipinski definition) is 2. The molecule has 0 aromatic carbocycles. The SMILES string of the molecule is N#Cc1ccc(NS(=O)(=O)c2cc(C(=O)O)cs2)nc1. The van der Waals surface area contributed by atoms with Crippen LogP contribution in [0.2, 0.25) is 0 Å². The minimum Gasteiger partial charge on any atom is -0.478 e. The molecule has 2 rings (SSSR count). The van der Waals surface area contributed by atoms with Gasteiger partial charge in [0.2, 0.25) is 0 Å². The molecule has 0 saturated heterocycles. The first-order valence-corrected chi connectivity index (χ1v) is 7.49. The second-order valence-electron chi connectivity index (χ2n) is 3.61. The number of rotatable bonds is 4. The van der Waals surface area contributed by atoms with Gasteiger partial charge in [0.15, 0.2) is 0 Å². The number of aromatic carboxylic acids is 1. The summed E-state index contributed by atoms with van der Waals surface area (Å²) in [5.41, 5.74) is 0.209. The number of carboxylic acid groups (broad SMARTS) is 1. The molecule has 2 N–H and O–H groups in total. The Morgan fingerprint density at radius 2 is 2.20 bits per heavy atom. The van der Waals surface area contributed by atoms with Crippen LogP contribution in [0.25, 0.3) is 0 Å². The van der Waals surface area contributed by atoms with Gasteiger partial charge in [-0.15, -0.1) is 11.3 Å². The fraction of sp³-hybridized carbons (Fsp3) is 0. The molecule has 2 aromatic heterocycles. The van der Waals surface area contributed by atoms with E-state index in [9.17, 15) is 13.2 Å². The minimum absolute atomic E-state index is 0.0503. The molecule has 0 radical (unpaired) electrons. The van der Waals surface area contributed by atoms with Crippen LogP contribution in [-0.2, 0) is 10.0 Å². The van der Waals surface area contributed by atoms with Crippen molar-refractivity contribution in [3.8, 4) is 6.07 Å². The number of aromatic nitrogens is 1.